The van der Waals surface area contributed by atoms with Gasteiger partial charge in [0.1, 0.15) is 0 Å². The third-order valence-corrected chi connectivity index (χ3v) is 4.80. The minimum absolute atomic E-state index is 0.510. The predicted molar refractivity (Wildman–Crippen MR) is 78.0 cm³/mol. The average molecular weight is 264 g/mol. The van der Waals surface area contributed by atoms with Crippen molar-refractivity contribution in [3.8, 4) is 0 Å². The van der Waals surface area contributed by atoms with Crippen molar-refractivity contribution in [2.75, 3.05) is 0 Å². The van der Waals surface area contributed by atoms with Crippen LogP contribution in [-0.4, -0.2) is 20.5 Å². The van der Waals surface area contributed by atoms with Gasteiger partial charge >= 0.3 is 0 Å². The second-order valence-electron chi connectivity index (χ2n) is 6.59. The molecule has 2 rings (SSSR count). The molecular weight excluding hydrogens is 236 g/mol. The van der Waals surface area contributed by atoms with Crippen LogP contribution in [0, 0.1) is 11.8 Å². The standard InChI is InChI=1S/C16H28N2O/c1-5-14-10-15(18(4)17-14)11-16(19)8-6-13(7-9-16)12(2)3/h10,12-13,19H,5-9,11H2,1-4H3. The Hall–Kier alpha value is -0.830. The molecule has 1 saturated carbocycles. The summed E-state index contributed by atoms with van der Waals surface area (Å²) in [7, 11) is 1.98. The van der Waals surface area contributed by atoms with E-state index in [0.29, 0.717) is 0 Å². The summed E-state index contributed by atoms with van der Waals surface area (Å²) in [5.74, 6) is 1.53. The van der Waals surface area contributed by atoms with Crippen LogP contribution < -0.4 is 0 Å². The Morgan fingerprint density at radius 3 is 2.53 bits per heavy atom. The molecule has 0 spiro atoms. The van der Waals surface area contributed by atoms with E-state index in [1.165, 1.54) is 5.69 Å². The van der Waals surface area contributed by atoms with Crippen LogP contribution in [0.3, 0.4) is 0 Å². The molecule has 0 amide bonds. The molecule has 1 aromatic heterocycles. The predicted octanol–water partition coefficient (Wildman–Crippen LogP) is 3.10. The van der Waals surface area contributed by atoms with Crippen molar-refractivity contribution >= 4 is 0 Å². The molecule has 108 valence electrons. The summed E-state index contributed by atoms with van der Waals surface area (Å²) in [5.41, 5.74) is 1.78. The van der Waals surface area contributed by atoms with E-state index in [4.69, 9.17) is 0 Å². The lowest BCUT2D eigenvalue weighted by atomic mass is 9.73. The van der Waals surface area contributed by atoms with Crippen molar-refractivity contribution < 1.29 is 5.11 Å². The summed E-state index contributed by atoms with van der Waals surface area (Å²) in [6.45, 7) is 6.71. The molecule has 1 fully saturated rings. The van der Waals surface area contributed by atoms with Gasteiger partial charge in [-0.1, -0.05) is 20.8 Å². The Bertz CT molecular complexity index is 414. The van der Waals surface area contributed by atoms with Crippen molar-refractivity contribution in [1.29, 1.82) is 0 Å². The Balaban J connectivity index is 2.00. The summed E-state index contributed by atoms with van der Waals surface area (Å²) in [6, 6.07) is 2.15. The van der Waals surface area contributed by atoms with Crippen LogP contribution in [0.25, 0.3) is 0 Å². The molecule has 0 aromatic carbocycles. The summed E-state index contributed by atoms with van der Waals surface area (Å²) in [4.78, 5) is 0. The fraction of sp³-hybridized carbons (Fsp3) is 0.812. The van der Waals surface area contributed by atoms with E-state index in [1.807, 2.05) is 11.7 Å². The van der Waals surface area contributed by atoms with Crippen LogP contribution in [0.15, 0.2) is 6.07 Å². The van der Waals surface area contributed by atoms with E-state index >= 15 is 0 Å². The van der Waals surface area contributed by atoms with Gasteiger partial charge < -0.3 is 5.11 Å². The smallest absolute Gasteiger partial charge is 0.0703 e. The van der Waals surface area contributed by atoms with E-state index in [0.717, 1.165) is 56.1 Å². The maximum absolute atomic E-state index is 10.8. The molecule has 3 heteroatoms. The number of nitrogens with zero attached hydrogens (tertiary/aromatic N) is 2. The van der Waals surface area contributed by atoms with Gasteiger partial charge in [0, 0.05) is 19.2 Å². The molecule has 0 bridgehead atoms. The van der Waals surface area contributed by atoms with Crippen molar-refractivity contribution in [2.24, 2.45) is 18.9 Å². The molecule has 1 N–H and O–H groups in total. The fourth-order valence-electron chi connectivity index (χ4n) is 3.27. The van der Waals surface area contributed by atoms with Crippen LogP contribution in [0.5, 0.6) is 0 Å². The van der Waals surface area contributed by atoms with Gasteiger partial charge in [-0.15, -0.1) is 0 Å². The molecule has 0 saturated heterocycles. The molecule has 0 radical (unpaired) electrons. The van der Waals surface area contributed by atoms with E-state index in [1.54, 1.807) is 0 Å². The molecule has 0 unspecified atom stereocenters. The Morgan fingerprint density at radius 1 is 1.42 bits per heavy atom. The normalized spacial score (nSPS) is 28.0. The van der Waals surface area contributed by atoms with Gasteiger partial charge in [0.25, 0.3) is 0 Å². The van der Waals surface area contributed by atoms with Gasteiger partial charge in [0.2, 0.25) is 0 Å². The number of hydrogen-bond acceptors (Lipinski definition) is 2. The minimum atomic E-state index is -0.510. The van der Waals surface area contributed by atoms with Gasteiger partial charge in [0.15, 0.2) is 0 Å². The van der Waals surface area contributed by atoms with Crippen molar-refractivity contribution in [2.45, 2.75) is 64.9 Å². The maximum Gasteiger partial charge on any atom is 0.0703 e. The van der Waals surface area contributed by atoms with Crippen LogP contribution in [0.1, 0.15) is 57.8 Å². The van der Waals surface area contributed by atoms with Gasteiger partial charge in [-0.3, -0.25) is 4.68 Å². The Labute approximate surface area is 117 Å². The number of aromatic nitrogens is 2. The number of rotatable bonds is 4. The van der Waals surface area contributed by atoms with Gasteiger partial charge in [-0.2, -0.15) is 5.10 Å². The van der Waals surface area contributed by atoms with Crippen LogP contribution in [0.4, 0.5) is 0 Å². The van der Waals surface area contributed by atoms with Crippen molar-refractivity contribution in [1.82, 2.24) is 9.78 Å². The zero-order chi connectivity index (χ0) is 14.0. The molecule has 1 aliphatic rings. The van der Waals surface area contributed by atoms with Gasteiger partial charge in [-0.25, -0.2) is 0 Å². The van der Waals surface area contributed by atoms with Crippen LogP contribution >= 0.6 is 0 Å². The van der Waals surface area contributed by atoms with Crippen LogP contribution in [-0.2, 0) is 19.9 Å². The van der Waals surface area contributed by atoms with E-state index < -0.39 is 5.60 Å². The quantitative estimate of drug-likeness (QED) is 0.907. The first-order valence-electron chi connectivity index (χ1n) is 7.67. The molecule has 3 nitrogen and oxygen atoms in total. The highest BCUT2D eigenvalue weighted by Crippen LogP contribution is 2.37. The summed E-state index contributed by atoms with van der Waals surface area (Å²) >= 11 is 0. The largest absolute Gasteiger partial charge is 0.389 e. The number of aliphatic hydroxyl groups is 1. The zero-order valence-corrected chi connectivity index (χ0v) is 12.8. The molecule has 0 aliphatic heterocycles. The Kier molecular flexibility index (Phi) is 4.34. The maximum atomic E-state index is 10.8. The van der Waals surface area contributed by atoms with E-state index in [9.17, 15) is 5.11 Å². The fourth-order valence-corrected chi connectivity index (χ4v) is 3.27. The third-order valence-electron chi connectivity index (χ3n) is 4.80. The average Bonchev–Trinajstić information content (AvgIpc) is 2.70. The highest BCUT2D eigenvalue weighted by molar-refractivity contribution is 5.13. The zero-order valence-electron chi connectivity index (χ0n) is 12.8. The lowest BCUT2D eigenvalue weighted by Gasteiger charge is -2.37. The van der Waals surface area contributed by atoms with Crippen molar-refractivity contribution in [3.63, 3.8) is 0 Å². The lowest BCUT2D eigenvalue weighted by Crippen LogP contribution is -2.37. The first-order chi connectivity index (χ1) is 8.93. The summed E-state index contributed by atoms with van der Waals surface area (Å²) in [6.07, 6.45) is 5.90. The highest BCUT2D eigenvalue weighted by Gasteiger charge is 2.34. The SMILES string of the molecule is CCc1cc(CC2(O)CCC(C(C)C)CC2)n(C)n1. The first kappa shape index (κ1) is 14.6. The Morgan fingerprint density at radius 2 is 2.05 bits per heavy atom. The first-order valence-corrected chi connectivity index (χ1v) is 7.67. The summed E-state index contributed by atoms with van der Waals surface area (Å²) < 4.78 is 1.94. The lowest BCUT2D eigenvalue weighted by molar-refractivity contribution is -0.0159. The molecular formula is C16H28N2O. The molecule has 1 heterocycles. The molecule has 1 aliphatic carbocycles. The number of aryl methyl sites for hydroxylation is 2. The highest BCUT2D eigenvalue weighted by atomic mass is 16.3. The second-order valence-corrected chi connectivity index (χ2v) is 6.59. The monoisotopic (exact) mass is 264 g/mol. The van der Waals surface area contributed by atoms with E-state index in [2.05, 4.69) is 31.9 Å². The van der Waals surface area contributed by atoms with Crippen molar-refractivity contribution in [3.05, 3.63) is 17.5 Å². The molecule has 1 aromatic rings. The third kappa shape index (κ3) is 3.38. The summed E-state index contributed by atoms with van der Waals surface area (Å²) in [5, 5.41) is 15.3. The molecule has 19 heavy (non-hydrogen) atoms. The second kappa shape index (κ2) is 5.66. The van der Waals surface area contributed by atoms with Gasteiger partial charge in [0.05, 0.1) is 11.3 Å². The minimum Gasteiger partial charge on any atom is -0.389 e. The topological polar surface area (TPSA) is 38.0 Å². The van der Waals surface area contributed by atoms with Gasteiger partial charge in [-0.05, 0) is 50.0 Å². The van der Waals surface area contributed by atoms with Crippen LogP contribution in [0.2, 0.25) is 0 Å². The van der Waals surface area contributed by atoms with E-state index in [-0.39, 0.29) is 0 Å². The molecule has 0 atom stereocenters. The number of hydrogen-bond donors (Lipinski definition) is 1.